The molecule has 2 heteroatoms. The van der Waals surface area contributed by atoms with Gasteiger partial charge in [-0.3, -0.25) is 0 Å². The summed E-state index contributed by atoms with van der Waals surface area (Å²) in [5.74, 6) is 0.932. The van der Waals surface area contributed by atoms with Gasteiger partial charge in [-0.15, -0.1) is 6.42 Å². The molecule has 0 aliphatic carbocycles. The summed E-state index contributed by atoms with van der Waals surface area (Å²) in [5.41, 5.74) is -0.409. The maximum atomic E-state index is 9.92. The van der Waals surface area contributed by atoms with Crippen LogP contribution in [0.25, 0.3) is 0 Å². The Kier molecular flexibility index (Phi) is 5.18. The first-order chi connectivity index (χ1) is 6.33. The summed E-state index contributed by atoms with van der Waals surface area (Å²) in [5, 5.41) is 9.92. The van der Waals surface area contributed by atoms with Crippen LogP contribution in [0.1, 0.15) is 53.4 Å². The minimum absolute atomic E-state index is 0.409. The molecular weight excluding hydrogens is 176 g/mol. The Hall–Kier alpha value is -0.520. The predicted molar refractivity (Wildman–Crippen MR) is 58.8 cm³/mol. The zero-order valence-electron chi connectivity index (χ0n) is 9.76. The standard InChI is InChI=1S/C12H22O2/c1-6-8-9-10-12(13,7-2)14-11(3,4)5/h2,13H,6,8-10H2,1,3-5H3. The molecule has 0 heterocycles. The number of hydrogen-bond acceptors (Lipinski definition) is 2. The van der Waals surface area contributed by atoms with E-state index in [0.717, 1.165) is 19.3 Å². The second kappa shape index (κ2) is 5.38. The van der Waals surface area contributed by atoms with Gasteiger partial charge in [0.1, 0.15) is 0 Å². The van der Waals surface area contributed by atoms with Crippen molar-refractivity contribution in [1.29, 1.82) is 0 Å². The Balaban J connectivity index is 4.14. The van der Waals surface area contributed by atoms with Crippen LogP contribution in [0, 0.1) is 12.3 Å². The zero-order chi connectivity index (χ0) is 11.2. The lowest BCUT2D eigenvalue weighted by Crippen LogP contribution is -2.38. The first-order valence-corrected chi connectivity index (χ1v) is 5.23. The van der Waals surface area contributed by atoms with Gasteiger partial charge in [-0.2, -0.15) is 0 Å². The minimum atomic E-state index is -1.40. The molecule has 0 saturated carbocycles. The van der Waals surface area contributed by atoms with Gasteiger partial charge < -0.3 is 9.84 Å². The fourth-order valence-electron chi connectivity index (χ4n) is 1.27. The number of hydrogen-bond donors (Lipinski definition) is 1. The van der Waals surface area contributed by atoms with Crippen molar-refractivity contribution >= 4 is 0 Å². The Labute approximate surface area is 87.7 Å². The van der Waals surface area contributed by atoms with E-state index in [0.29, 0.717) is 6.42 Å². The van der Waals surface area contributed by atoms with Crippen molar-refractivity contribution in [3.8, 4) is 12.3 Å². The van der Waals surface area contributed by atoms with Crippen LogP contribution in [0.3, 0.4) is 0 Å². The van der Waals surface area contributed by atoms with E-state index >= 15 is 0 Å². The van der Waals surface area contributed by atoms with Crippen LogP contribution in [0.5, 0.6) is 0 Å². The third kappa shape index (κ3) is 6.01. The molecule has 1 atom stereocenters. The molecule has 0 aromatic heterocycles. The molecule has 0 aliphatic rings. The van der Waals surface area contributed by atoms with Crippen LogP contribution in [0.15, 0.2) is 0 Å². The van der Waals surface area contributed by atoms with Gasteiger partial charge in [-0.25, -0.2) is 0 Å². The van der Waals surface area contributed by atoms with E-state index in [4.69, 9.17) is 11.2 Å². The Bertz CT molecular complexity index is 197. The highest BCUT2D eigenvalue weighted by molar-refractivity contribution is 5.02. The highest BCUT2D eigenvalue weighted by Gasteiger charge is 2.30. The van der Waals surface area contributed by atoms with Crippen molar-refractivity contribution in [2.75, 3.05) is 0 Å². The SMILES string of the molecule is C#CC(O)(CCCCC)OC(C)(C)C. The molecule has 0 spiro atoms. The van der Waals surface area contributed by atoms with Crippen molar-refractivity contribution in [1.82, 2.24) is 0 Å². The molecule has 0 amide bonds. The monoisotopic (exact) mass is 198 g/mol. The van der Waals surface area contributed by atoms with Crippen LogP contribution in [0.4, 0.5) is 0 Å². The molecule has 14 heavy (non-hydrogen) atoms. The van der Waals surface area contributed by atoms with E-state index in [-0.39, 0.29) is 0 Å². The molecule has 0 saturated heterocycles. The smallest absolute Gasteiger partial charge is 0.231 e. The Morgan fingerprint density at radius 3 is 2.21 bits per heavy atom. The topological polar surface area (TPSA) is 29.5 Å². The third-order valence-corrected chi connectivity index (χ3v) is 1.82. The number of ether oxygens (including phenoxy) is 1. The van der Waals surface area contributed by atoms with E-state index in [9.17, 15) is 5.11 Å². The van der Waals surface area contributed by atoms with Crippen LogP contribution < -0.4 is 0 Å². The van der Waals surface area contributed by atoms with E-state index in [1.54, 1.807) is 0 Å². The summed E-state index contributed by atoms with van der Waals surface area (Å²) in [7, 11) is 0. The van der Waals surface area contributed by atoms with E-state index in [2.05, 4.69) is 12.8 Å². The maximum Gasteiger partial charge on any atom is 0.231 e. The lowest BCUT2D eigenvalue weighted by atomic mass is 10.1. The second-order valence-electron chi connectivity index (χ2n) is 4.60. The largest absolute Gasteiger partial charge is 0.356 e. The fourth-order valence-corrected chi connectivity index (χ4v) is 1.27. The lowest BCUT2D eigenvalue weighted by Gasteiger charge is -2.31. The first-order valence-electron chi connectivity index (χ1n) is 5.23. The van der Waals surface area contributed by atoms with Crippen molar-refractivity contribution in [3.05, 3.63) is 0 Å². The Morgan fingerprint density at radius 2 is 1.86 bits per heavy atom. The average Bonchev–Trinajstić information content (AvgIpc) is 2.02. The van der Waals surface area contributed by atoms with E-state index in [1.807, 2.05) is 20.8 Å². The van der Waals surface area contributed by atoms with Crippen molar-refractivity contribution in [3.63, 3.8) is 0 Å². The van der Waals surface area contributed by atoms with Gasteiger partial charge in [-0.05, 0) is 33.1 Å². The molecule has 0 radical (unpaired) electrons. The molecule has 1 unspecified atom stereocenters. The van der Waals surface area contributed by atoms with Gasteiger partial charge >= 0.3 is 0 Å². The van der Waals surface area contributed by atoms with E-state index in [1.165, 1.54) is 0 Å². The normalized spacial score (nSPS) is 16.0. The zero-order valence-corrected chi connectivity index (χ0v) is 9.76. The number of rotatable bonds is 5. The number of terminal acetylenes is 1. The molecule has 82 valence electrons. The molecular formula is C12H22O2. The van der Waals surface area contributed by atoms with E-state index < -0.39 is 11.4 Å². The number of unbranched alkanes of at least 4 members (excludes halogenated alkanes) is 2. The van der Waals surface area contributed by atoms with Crippen LogP contribution >= 0.6 is 0 Å². The minimum Gasteiger partial charge on any atom is -0.356 e. The predicted octanol–water partition coefficient (Wildman–Crippen LogP) is 2.70. The third-order valence-electron chi connectivity index (χ3n) is 1.82. The summed E-state index contributed by atoms with van der Waals surface area (Å²) in [6, 6.07) is 0. The van der Waals surface area contributed by atoms with Crippen molar-refractivity contribution in [2.45, 2.75) is 64.8 Å². The molecule has 0 fully saturated rings. The van der Waals surface area contributed by atoms with Gasteiger partial charge in [0.05, 0.1) is 5.60 Å². The maximum absolute atomic E-state index is 9.92. The second-order valence-corrected chi connectivity index (χ2v) is 4.60. The Morgan fingerprint density at radius 1 is 1.29 bits per heavy atom. The van der Waals surface area contributed by atoms with Crippen LogP contribution in [-0.2, 0) is 4.74 Å². The molecule has 0 aromatic carbocycles. The van der Waals surface area contributed by atoms with Crippen LogP contribution in [0.2, 0.25) is 0 Å². The molecule has 0 bridgehead atoms. The molecule has 0 aromatic rings. The summed E-state index contributed by atoms with van der Waals surface area (Å²) >= 11 is 0. The van der Waals surface area contributed by atoms with Crippen molar-refractivity contribution < 1.29 is 9.84 Å². The van der Waals surface area contributed by atoms with Gasteiger partial charge in [-0.1, -0.05) is 19.8 Å². The molecule has 0 aliphatic heterocycles. The quantitative estimate of drug-likeness (QED) is 0.418. The average molecular weight is 198 g/mol. The lowest BCUT2D eigenvalue weighted by molar-refractivity contribution is -0.219. The summed E-state index contributed by atoms with van der Waals surface area (Å²) in [6.07, 6.45) is 8.85. The highest BCUT2D eigenvalue weighted by atomic mass is 16.6. The first kappa shape index (κ1) is 13.5. The summed E-state index contributed by atoms with van der Waals surface area (Å²) in [6.45, 7) is 7.76. The number of aliphatic hydroxyl groups is 1. The fraction of sp³-hybridized carbons (Fsp3) is 0.833. The summed E-state index contributed by atoms with van der Waals surface area (Å²) in [4.78, 5) is 0. The molecule has 1 N–H and O–H groups in total. The van der Waals surface area contributed by atoms with Gasteiger partial charge in [0, 0.05) is 6.42 Å². The van der Waals surface area contributed by atoms with Crippen LogP contribution in [-0.4, -0.2) is 16.5 Å². The highest BCUT2D eigenvalue weighted by Crippen LogP contribution is 2.22. The van der Waals surface area contributed by atoms with Gasteiger partial charge in [0.25, 0.3) is 0 Å². The van der Waals surface area contributed by atoms with Crippen molar-refractivity contribution in [2.24, 2.45) is 0 Å². The summed E-state index contributed by atoms with van der Waals surface area (Å²) < 4.78 is 5.44. The van der Waals surface area contributed by atoms with Gasteiger partial charge in [0.2, 0.25) is 5.79 Å². The molecule has 2 nitrogen and oxygen atoms in total. The molecule has 0 rings (SSSR count). The van der Waals surface area contributed by atoms with Gasteiger partial charge in [0.15, 0.2) is 0 Å².